The van der Waals surface area contributed by atoms with Crippen LogP contribution < -0.4 is 5.32 Å². The van der Waals surface area contributed by atoms with Crippen LogP contribution in [0.3, 0.4) is 0 Å². The third-order valence-electron chi connectivity index (χ3n) is 4.13. The lowest BCUT2D eigenvalue weighted by Crippen LogP contribution is -2.41. The first-order valence-electron chi connectivity index (χ1n) is 7.83. The molecule has 23 heavy (non-hydrogen) atoms. The molecule has 1 aliphatic rings. The smallest absolute Gasteiger partial charge is 0.317 e. The zero-order valence-corrected chi connectivity index (χ0v) is 15.0. The molecule has 1 atom stereocenters. The number of carbonyl (C=O) groups is 2. The number of carboxylic acid groups (broad SMARTS) is 1. The summed E-state index contributed by atoms with van der Waals surface area (Å²) in [6.07, 6.45) is 1.18. The molecule has 1 unspecified atom stereocenters. The Morgan fingerprint density at radius 3 is 2.70 bits per heavy atom. The monoisotopic (exact) mass is 339 g/mol. The molecule has 1 saturated heterocycles. The Labute approximate surface area is 140 Å². The normalized spacial score (nSPS) is 21.5. The lowest BCUT2D eigenvalue weighted by Gasteiger charge is -2.20. The van der Waals surface area contributed by atoms with Crippen molar-refractivity contribution >= 4 is 23.3 Å². The lowest BCUT2D eigenvalue weighted by molar-refractivity contribution is -0.146. The summed E-state index contributed by atoms with van der Waals surface area (Å²) >= 11 is 1.64. The first-order chi connectivity index (χ1) is 10.6. The third kappa shape index (κ3) is 4.22. The molecule has 0 saturated carbocycles. The highest BCUT2D eigenvalue weighted by molar-refractivity contribution is 7.09. The number of amides is 2. The fourth-order valence-electron chi connectivity index (χ4n) is 2.48. The van der Waals surface area contributed by atoms with E-state index in [-0.39, 0.29) is 18.0 Å². The van der Waals surface area contributed by atoms with Crippen LogP contribution in [0.4, 0.5) is 4.79 Å². The van der Waals surface area contributed by atoms with Crippen molar-refractivity contribution in [3.8, 4) is 0 Å². The van der Waals surface area contributed by atoms with Crippen molar-refractivity contribution < 1.29 is 14.7 Å². The largest absolute Gasteiger partial charge is 0.481 e. The van der Waals surface area contributed by atoms with E-state index in [0.29, 0.717) is 25.9 Å². The first kappa shape index (κ1) is 17.7. The third-order valence-corrected chi connectivity index (χ3v) is 5.44. The molecular weight excluding hydrogens is 314 g/mol. The molecule has 2 N–H and O–H groups in total. The quantitative estimate of drug-likeness (QED) is 0.883. The van der Waals surface area contributed by atoms with Crippen LogP contribution >= 0.6 is 11.3 Å². The number of thiazole rings is 1. The molecular formula is C16H25N3O3S. The van der Waals surface area contributed by atoms with E-state index in [9.17, 15) is 14.7 Å². The van der Waals surface area contributed by atoms with Crippen LogP contribution in [0, 0.1) is 5.41 Å². The molecule has 0 aliphatic carbocycles. The number of aromatic nitrogens is 1. The maximum atomic E-state index is 12.1. The van der Waals surface area contributed by atoms with Gasteiger partial charge in [0, 0.05) is 36.9 Å². The highest BCUT2D eigenvalue weighted by Gasteiger charge is 2.42. The summed E-state index contributed by atoms with van der Waals surface area (Å²) in [5.41, 5.74) is 0.202. The molecule has 1 aromatic rings. The minimum atomic E-state index is -0.843. The predicted molar refractivity (Wildman–Crippen MR) is 89.8 cm³/mol. The Morgan fingerprint density at radius 1 is 1.48 bits per heavy atom. The van der Waals surface area contributed by atoms with Crippen molar-refractivity contribution in [1.82, 2.24) is 15.2 Å². The average molecular weight is 339 g/mol. The number of carboxylic acids is 1. The standard InChI is InChI=1S/C16H25N3O3S/c1-15(2,3)12-18-11(9-23-12)5-7-17-14(22)19-8-6-16(4,10-19)13(20)21/h9H,5-8,10H2,1-4H3,(H,17,22)(H,20,21). The van der Waals surface area contributed by atoms with Crippen molar-refractivity contribution in [2.24, 2.45) is 5.41 Å². The second-order valence-corrected chi connectivity index (χ2v) is 8.27. The van der Waals surface area contributed by atoms with Gasteiger partial charge in [-0.05, 0) is 13.3 Å². The van der Waals surface area contributed by atoms with Crippen molar-refractivity contribution in [3.63, 3.8) is 0 Å². The lowest BCUT2D eigenvalue weighted by atomic mass is 9.90. The summed E-state index contributed by atoms with van der Waals surface area (Å²) in [5, 5.41) is 15.2. The van der Waals surface area contributed by atoms with Crippen molar-refractivity contribution in [2.45, 2.75) is 46.0 Å². The Hall–Kier alpha value is -1.63. The van der Waals surface area contributed by atoms with Crippen LogP contribution in [0.2, 0.25) is 0 Å². The van der Waals surface area contributed by atoms with Gasteiger partial charge in [0.2, 0.25) is 0 Å². The zero-order chi connectivity index (χ0) is 17.3. The number of carbonyl (C=O) groups excluding carboxylic acids is 1. The molecule has 0 bridgehead atoms. The van der Waals surface area contributed by atoms with E-state index in [1.807, 2.05) is 5.38 Å². The van der Waals surface area contributed by atoms with Crippen LogP contribution in [0.5, 0.6) is 0 Å². The molecule has 1 fully saturated rings. The zero-order valence-electron chi connectivity index (χ0n) is 14.2. The van der Waals surface area contributed by atoms with Gasteiger partial charge >= 0.3 is 12.0 Å². The average Bonchev–Trinajstić information content (AvgIpc) is 3.06. The van der Waals surface area contributed by atoms with Gasteiger partial charge < -0.3 is 15.3 Å². The number of urea groups is 1. The highest BCUT2D eigenvalue weighted by atomic mass is 32.1. The molecule has 2 heterocycles. The Kier molecular flexibility index (Phi) is 4.98. The predicted octanol–water partition coefficient (Wildman–Crippen LogP) is 2.49. The van der Waals surface area contributed by atoms with Gasteiger partial charge in [-0.1, -0.05) is 20.8 Å². The van der Waals surface area contributed by atoms with Gasteiger partial charge in [0.25, 0.3) is 0 Å². The van der Waals surface area contributed by atoms with Gasteiger partial charge in [-0.2, -0.15) is 0 Å². The van der Waals surface area contributed by atoms with E-state index >= 15 is 0 Å². The SMILES string of the molecule is CC1(C(=O)O)CCN(C(=O)NCCc2csc(C(C)(C)C)n2)C1. The van der Waals surface area contributed by atoms with Gasteiger partial charge in [0.05, 0.1) is 16.1 Å². The maximum absolute atomic E-state index is 12.1. The van der Waals surface area contributed by atoms with Gasteiger partial charge in [0.15, 0.2) is 0 Å². The molecule has 6 nitrogen and oxygen atoms in total. The van der Waals surface area contributed by atoms with Crippen molar-refractivity contribution in [3.05, 3.63) is 16.1 Å². The number of hydrogen-bond donors (Lipinski definition) is 2. The number of aliphatic carboxylic acids is 1. The van der Waals surface area contributed by atoms with E-state index in [1.165, 1.54) is 0 Å². The summed E-state index contributed by atoms with van der Waals surface area (Å²) < 4.78 is 0. The molecule has 0 aromatic carbocycles. The van der Waals surface area contributed by atoms with Crippen molar-refractivity contribution in [2.75, 3.05) is 19.6 Å². The van der Waals surface area contributed by atoms with E-state index < -0.39 is 11.4 Å². The van der Waals surface area contributed by atoms with Gasteiger partial charge in [-0.15, -0.1) is 11.3 Å². The van der Waals surface area contributed by atoms with Gasteiger partial charge in [-0.25, -0.2) is 9.78 Å². The summed E-state index contributed by atoms with van der Waals surface area (Å²) in [4.78, 5) is 29.5. The molecule has 0 radical (unpaired) electrons. The van der Waals surface area contributed by atoms with Gasteiger partial charge in [0.1, 0.15) is 0 Å². The van der Waals surface area contributed by atoms with Crippen molar-refractivity contribution in [1.29, 1.82) is 0 Å². The fraction of sp³-hybridized carbons (Fsp3) is 0.688. The topological polar surface area (TPSA) is 82.5 Å². The summed E-state index contributed by atoms with van der Waals surface area (Å²) in [6.45, 7) is 9.33. The Bertz CT molecular complexity index is 594. The minimum Gasteiger partial charge on any atom is -0.481 e. The van der Waals surface area contributed by atoms with E-state index in [0.717, 1.165) is 10.7 Å². The molecule has 0 spiro atoms. The summed E-state index contributed by atoms with van der Waals surface area (Å²) in [5.74, 6) is -0.843. The molecule has 2 amide bonds. The maximum Gasteiger partial charge on any atom is 0.317 e. The van der Waals surface area contributed by atoms with Crippen LogP contribution in [-0.2, 0) is 16.6 Å². The number of nitrogens with zero attached hydrogens (tertiary/aromatic N) is 2. The second-order valence-electron chi connectivity index (χ2n) is 7.41. The van der Waals surface area contributed by atoms with Gasteiger partial charge in [-0.3, -0.25) is 4.79 Å². The molecule has 7 heteroatoms. The van der Waals surface area contributed by atoms with E-state index in [4.69, 9.17) is 0 Å². The number of rotatable bonds is 4. The minimum absolute atomic E-state index is 0.0446. The second kappa shape index (κ2) is 6.47. The molecule has 1 aromatic heterocycles. The van der Waals surface area contributed by atoms with Crippen LogP contribution in [0.1, 0.15) is 44.8 Å². The first-order valence-corrected chi connectivity index (χ1v) is 8.71. The number of hydrogen-bond acceptors (Lipinski definition) is 4. The van der Waals surface area contributed by atoms with Crippen LogP contribution in [0.15, 0.2) is 5.38 Å². The summed E-state index contributed by atoms with van der Waals surface area (Å²) in [6, 6.07) is -0.193. The van der Waals surface area contributed by atoms with Crippen LogP contribution in [0.25, 0.3) is 0 Å². The van der Waals surface area contributed by atoms with E-state index in [2.05, 4.69) is 31.1 Å². The Balaban J connectivity index is 1.80. The number of nitrogens with one attached hydrogen (secondary N) is 1. The Morgan fingerprint density at radius 2 is 2.17 bits per heavy atom. The molecule has 2 rings (SSSR count). The van der Waals surface area contributed by atoms with Crippen LogP contribution in [-0.4, -0.2) is 46.6 Å². The molecule has 1 aliphatic heterocycles. The molecule has 128 valence electrons. The highest BCUT2D eigenvalue weighted by Crippen LogP contribution is 2.30. The fourth-order valence-corrected chi connectivity index (χ4v) is 3.43. The number of likely N-dealkylation sites (tertiary alicyclic amines) is 1. The summed E-state index contributed by atoms with van der Waals surface area (Å²) in [7, 11) is 0. The van der Waals surface area contributed by atoms with E-state index in [1.54, 1.807) is 23.2 Å².